The van der Waals surface area contributed by atoms with E-state index in [1.54, 1.807) is 23.1 Å². The average Bonchev–Trinajstić information content (AvgIpc) is 3.51. The van der Waals surface area contributed by atoms with E-state index in [0.717, 1.165) is 79.0 Å². The van der Waals surface area contributed by atoms with Gasteiger partial charge in [-0.05, 0) is 86.3 Å². The van der Waals surface area contributed by atoms with Crippen molar-refractivity contribution in [1.29, 1.82) is 5.41 Å². The fourth-order valence-electron chi connectivity index (χ4n) is 6.63. The molecular formula is C43H54FN7O. The minimum atomic E-state index is -0.337. The number of nitrogens with one attached hydrogen (secondary N) is 1. The number of unbranched alkanes of at least 4 members (excludes halogenated alkanes) is 2. The van der Waals surface area contributed by atoms with Crippen molar-refractivity contribution in [3.8, 4) is 0 Å². The second-order valence-corrected chi connectivity index (χ2v) is 13.7. The van der Waals surface area contributed by atoms with Gasteiger partial charge in [-0.1, -0.05) is 93.4 Å². The fraction of sp³-hybridized carbons (Fsp3) is 0.372. The summed E-state index contributed by atoms with van der Waals surface area (Å²) in [5.74, 6) is 0.517. The van der Waals surface area contributed by atoms with Crippen LogP contribution in [0.1, 0.15) is 90.0 Å². The SMILES string of the molecule is CCCCN(CCCC)CCCn1c(CCc2ccc(C(=N)N)cc2)nc2cc(C(=O)N(Cc3ccc(CN)cc3)Cc3ccccc3F)ccc21. The molecule has 0 saturated carbocycles. The molecule has 0 radical (unpaired) electrons. The number of hydrogen-bond acceptors (Lipinski definition) is 5. The lowest BCUT2D eigenvalue weighted by molar-refractivity contribution is 0.0728. The van der Waals surface area contributed by atoms with Crippen LogP contribution in [0.3, 0.4) is 0 Å². The van der Waals surface area contributed by atoms with Crippen LogP contribution >= 0.6 is 0 Å². The fourth-order valence-corrected chi connectivity index (χ4v) is 6.63. The minimum absolute atomic E-state index is 0.0579. The molecule has 5 aromatic rings. The summed E-state index contributed by atoms with van der Waals surface area (Å²) in [5.41, 5.74) is 18.1. The summed E-state index contributed by atoms with van der Waals surface area (Å²) in [5, 5.41) is 7.73. The number of hydrogen-bond donors (Lipinski definition) is 3. The quantitative estimate of drug-likeness (QED) is 0.0564. The molecule has 0 aliphatic heterocycles. The molecule has 1 heterocycles. The number of benzene rings is 4. The maximum atomic E-state index is 14.9. The van der Waals surface area contributed by atoms with Crippen molar-refractivity contribution < 1.29 is 9.18 Å². The number of nitrogens with two attached hydrogens (primary N) is 2. The van der Waals surface area contributed by atoms with Crippen LogP contribution in [0.25, 0.3) is 11.0 Å². The minimum Gasteiger partial charge on any atom is -0.384 e. The summed E-state index contributed by atoms with van der Waals surface area (Å²) < 4.78 is 17.2. The molecule has 8 nitrogen and oxygen atoms in total. The van der Waals surface area contributed by atoms with E-state index >= 15 is 0 Å². The number of aromatic nitrogens is 2. The van der Waals surface area contributed by atoms with Gasteiger partial charge in [0.2, 0.25) is 0 Å². The van der Waals surface area contributed by atoms with Crippen molar-refractivity contribution in [2.24, 2.45) is 11.5 Å². The number of carbonyl (C=O) groups excluding carboxylic acids is 1. The lowest BCUT2D eigenvalue weighted by Crippen LogP contribution is -2.30. The van der Waals surface area contributed by atoms with Crippen LogP contribution in [-0.4, -0.2) is 50.7 Å². The first-order valence-corrected chi connectivity index (χ1v) is 18.7. The zero-order valence-electron chi connectivity index (χ0n) is 30.8. The summed E-state index contributed by atoms with van der Waals surface area (Å²) in [6.45, 7) is 9.48. The van der Waals surface area contributed by atoms with Gasteiger partial charge in [0.15, 0.2) is 0 Å². The molecule has 274 valence electrons. The first-order chi connectivity index (χ1) is 25.3. The number of imidazole rings is 1. The van der Waals surface area contributed by atoms with Crippen molar-refractivity contribution in [2.45, 2.75) is 85.0 Å². The molecule has 0 fully saturated rings. The normalized spacial score (nSPS) is 11.4. The molecule has 0 unspecified atom stereocenters. The van der Waals surface area contributed by atoms with E-state index in [1.807, 2.05) is 66.7 Å². The lowest BCUT2D eigenvalue weighted by Gasteiger charge is -2.24. The van der Waals surface area contributed by atoms with Crippen molar-refractivity contribution in [1.82, 2.24) is 19.4 Å². The van der Waals surface area contributed by atoms with E-state index in [4.69, 9.17) is 21.9 Å². The van der Waals surface area contributed by atoms with Gasteiger partial charge >= 0.3 is 0 Å². The van der Waals surface area contributed by atoms with Gasteiger partial charge in [0.05, 0.1) is 11.0 Å². The third kappa shape index (κ3) is 10.4. The largest absolute Gasteiger partial charge is 0.384 e. The van der Waals surface area contributed by atoms with E-state index in [-0.39, 0.29) is 24.1 Å². The van der Waals surface area contributed by atoms with Gasteiger partial charge in [-0.2, -0.15) is 0 Å². The van der Waals surface area contributed by atoms with Gasteiger partial charge in [0.25, 0.3) is 5.91 Å². The Morgan fingerprint density at radius 2 is 1.42 bits per heavy atom. The topological polar surface area (TPSA) is 117 Å². The van der Waals surface area contributed by atoms with E-state index in [1.165, 1.54) is 31.7 Å². The smallest absolute Gasteiger partial charge is 0.254 e. The molecule has 0 aliphatic rings. The first kappa shape index (κ1) is 38.4. The second-order valence-electron chi connectivity index (χ2n) is 13.7. The van der Waals surface area contributed by atoms with Gasteiger partial charge in [0, 0.05) is 49.3 Å². The Hall–Kier alpha value is -4.86. The molecule has 0 aliphatic carbocycles. The Morgan fingerprint density at radius 1 is 0.788 bits per heavy atom. The zero-order valence-corrected chi connectivity index (χ0v) is 30.8. The third-order valence-corrected chi connectivity index (χ3v) is 9.73. The number of nitrogens with zero attached hydrogens (tertiary/aromatic N) is 4. The third-order valence-electron chi connectivity index (χ3n) is 9.73. The van der Waals surface area contributed by atoms with E-state index in [0.29, 0.717) is 29.8 Å². The zero-order chi connectivity index (χ0) is 36.9. The average molecular weight is 704 g/mol. The van der Waals surface area contributed by atoms with Crippen molar-refractivity contribution in [2.75, 3.05) is 19.6 Å². The van der Waals surface area contributed by atoms with Gasteiger partial charge in [-0.3, -0.25) is 10.2 Å². The number of rotatable bonds is 20. The number of halogens is 1. The van der Waals surface area contributed by atoms with Crippen LogP contribution in [0.5, 0.6) is 0 Å². The highest BCUT2D eigenvalue weighted by molar-refractivity contribution is 5.97. The lowest BCUT2D eigenvalue weighted by atomic mass is 10.1. The second kappa shape index (κ2) is 19.1. The highest BCUT2D eigenvalue weighted by Crippen LogP contribution is 2.23. The number of amides is 1. The maximum absolute atomic E-state index is 14.9. The van der Waals surface area contributed by atoms with Crippen LogP contribution < -0.4 is 11.5 Å². The number of nitrogen functional groups attached to an aromatic ring is 1. The van der Waals surface area contributed by atoms with E-state index in [2.05, 4.69) is 23.3 Å². The molecule has 0 bridgehead atoms. The van der Waals surface area contributed by atoms with Crippen molar-refractivity contribution in [3.63, 3.8) is 0 Å². The number of fused-ring (bicyclic) bond motifs is 1. The molecule has 0 saturated heterocycles. The predicted octanol–water partition coefficient (Wildman–Crippen LogP) is 7.84. The summed E-state index contributed by atoms with van der Waals surface area (Å²) in [6.07, 6.45) is 7.29. The predicted molar refractivity (Wildman–Crippen MR) is 210 cm³/mol. The summed E-state index contributed by atoms with van der Waals surface area (Å²) in [7, 11) is 0. The number of amidine groups is 1. The molecule has 4 aromatic carbocycles. The highest BCUT2D eigenvalue weighted by Gasteiger charge is 2.21. The molecular weight excluding hydrogens is 650 g/mol. The van der Waals surface area contributed by atoms with Crippen LogP contribution in [-0.2, 0) is 39.0 Å². The van der Waals surface area contributed by atoms with Crippen LogP contribution in [0.2, 0.25) is 0 Å². The number of carbonyl (C=O) groups is 1. The monoisotopic (exact) mass is 703 g/mol. The first-order valence-electron chi connectivity index (χ1n) is 18.7. The van der Waals surface area contributed by atoms with Crippen molar-refractivity contribution >= 4 is 22.8 Å². The van der Waals surface area contributed by atoms with E-state index < -0.39 is 0 Å². The Balaban J connectivity index is 1.43. The molecule has 5 N–H and O–H groups in total. The molecule has 1 aromatic heterocycles. The molecule has 5 rings (SSSR count). The molecule has 0 atom stereocenters. The molecule has 1 amide bonds. The van der Waals surface area contributed by atoms with Gasteiger partial charge in [0.1, 0.15) is 17.5 Å². The highest BCUT2D eigenvalue weighted by atomic mass is 19.1. The van der Waals surface area contributed by atoms with E-state index in [9.17, 15) is 9.18 Å². The standard InChI is InChI=1S/C43H54FN7O/c1-3-5-24-49(25-6-4-2)26-9-27-51-40-22-21-36(28-39(40)48-41(51)23-18-32-16-19-35(20-17-32)42(46)47)43(52)50(31-37-10-7-8-11-38(37)44)30-34-14-12-33(29-45)13-15-34/h7-8,10-17,19-22,28H,3-6,9,18,23-27,29-31,45H2,1-2H3,(H3,46,47). The van der Waals surface area contributed by atoms with Gasteiger partial charge < -0.3 is 25.8 Å². The Bertz CT molecular complexity index is 1890. The molecule has 0 spiro atoms. The molecule has 52 heavy (non-hydrogen) atoms. The maximum Gasteiger partial charge on any atom is 0.254 e. The van der Waals surface area contributed by atoms with Crippen LogP contribution in [0.4, 0.5) is 4.39 Å². The van der Waals surface area contributed by atoms with Crippen molar-refractivity contribution in [3.05, 3.63) is 136 Å². The Kier molecular flexibility index (Phi) is 14.1. The summed E-state index contributed by atoms with van der Waals surface area (Å²) >= 11 is 0. The van der Waals surface area contributed by atoms with Crippen LogP contribution in [0.15, 0.2) is 91.0 Å². The summed E-state index contributed by atoms with van der Waals surface area (Å²) in [6, 6.07) is 28.1. The Labute approximate surface area is 308 Å². The number of aryl methyl sites for hydroxylation is 3. The van der Waals surface area contributed by atoms with Crippen LogP contribution in [0, 0.1) is 11.2 Å². The molecule has 9 heteroatoms. The summed E-state index contributed by atoms with van der Waals surface area (Å²) in [4.78, 5) is 23.7. The van der Waals surface area contributed by atoms with Gasteiger partial charge in [-0.15, -0.1) is 0 Å². The van der Waals surface area contributed by atoms with Gasteiger partial charge in [-0.25, -0.2) is 9.37 Å². The Morgan fingerprint density at radius 3 is 2.08 bits per heavy atom.